The molecule has 0 saturated heterocycles. The van der Waals surface area contributed by atoms with Gasteiger partial charge in [0.1, 0.15) is 0 Å². The van der Waals surface area contributed by atoms with Gasteiger partial charge in [-0.25, -0.2) is 13.6 Å². The van der Waals surface area contributed by atoms with Crippen LogP contribution < -0.4 is 11.1 Å². The minimum absolute atomic E-state index is 0.0287. The minimum Gasteiger partial charge on any atom is -0.475 e. The van der Waals surface area contributed by atoms with Gasteiger partial charge in [0.25, 0.3) is 0 Å². The maximum absolute atomic E-state index is 13.2. The SMILES string of the molecule is Cc1c(C(N)=O)cccc1-c1ccc(CNC2CCC(F)(F)CC2)cc1.O=C(O)C(F)(F)F. The maximum atomic E-state index is 13.2. The molecule has 0 radical (unpaired) electrons. The number of rotatable bonds is 5. The van der Waals surface area contributed by atoms with Gasteiger partial charge in [0.05, 0.1) is 0 Å². The number of benzene rings is 2. The summed E-state index contributed by atoms with van der Waals surface area (Å²) in [5.41, 5.74) is 9.93. The van der Waals surface area contributed by atoms with Crippen LogP contribution in [0.2, 0.25) is 0 Å². The molecule has 0 unspecified atom stereocenters. The number of carbonyl (C=O) groups is 2. The molecule has 10 heteroatoms. The van der Waals surface area contributed by atoms with Crippen molar-refractivity contribution in [2.75, 3.05) is 0 Å². The molecule has 1 saturated carbocycles. The molecule has 180 valence electrons. The molecular formula is C23H25F5N2O3. The Bertz CT molecular complexity index is 965. The lowest BCUT2D eigenvalue weighted by atomic mass is 9.92. The van der Waals surface area contributed by atoms with Gasteiger partial charge in [0, 0.05) is 31.0 Å². The fourth-order valence-corrected chi connectivity index (χ4v) is 3.52. The topological polar surface area (TPSA) is 92.4 Å². The van der Waals surface area contributed by atoms with Gasteiger partial charge in [0.2, 0.25) is 11.8 Å². The van der Waals surface area contributed by atoms with Gasteiger partial charge in [-0.05, 0) is 48.1 Å². The van der Waals surface area contributed by atoms with E-state index < -0.39 is 24.0 Å². The summed E-state index contributed by atoms with van der Waals surface area (Å²) in [6.07, 6.45) is -4.10. The first-order chi connectivity index (χ1) is 15.3. The quantitative estimate of drug-likeness (QED) is 0.531. The zero-order chi connectivity index (χ0) is 24.8. The number of hydrogen-bond donors (Lipinski definition) is 3. The van der Waals surface area contributed by atoms with Crippen LogP contribution in [0.5, 0.6) is 0 Å². The van der Waals surface area contributed by atoms with E-state index in [0.29, 0.717) is 24.9 Å². The summed E-state index contributed by atoms with van der Waals surface area (Å²) >= 11 is 0. The first-order valence-electron chi connectivity index (χ1n) is 10.2. The van der Waals surface area contributed by atoms with E-state index in [4.69, 9.17) is 15.6 Å². The van der Waals surface area contributed by atoms with E-state index in [-0.39, 0.29) is 18.9 Å². The van der Waals surface area contributed by atoms with Crippen molar-refractivity contribution >= 4 is 11.9 Å². The van der Waals surface area contributed by atoms with Crippen molar-refractivity contribution < 1.29 is 36.6 Å². The second-order valence-electron chi connectivity index (χ2n) is 7.85. The van der Waals surface area contributed by atoms with Gasteiger partial charge in [-0.15, -0.1) is 0 Å². The van der Waals surface area contributed by atoms with E-state index in [2.05, 4.69) is 5.32 Å². The first kappa shape index (κ1) is 26.2. The number of nitrogens with one attached hydrogen (secondary N) is 1. The van der Waals surface area contributed by atoms with E-state index in [0.717, 1.165) is 22.3 Å². The Hall–Kier alpha value is -3.01. The summed E-state index contributed by atoms with van der Waals surface area (Å²) in [7, 11) is 0. The van der Waals surface area contributed by atoms with E-state index in [1.165, 1.54) is 0 Å². The third-order valence-electron chi connectivity index (χ3n) is 5.42. The Morgan fingerprint density at radius 2 is 1.64 bits per heavy atom. The standard InChI is InChI=1S/C21H24F2N2O.C2HF3O2/c1-14-18(3-2-4-19(14)20(24)26)16-7-5-15(6-8-16)13-25-17-9-11-21(22,23)12-10-17;3-2(4,5)1(6)7/h2-8,17,25H,9-13H2,1H3,(H2,24,26);(H,6,7). The van der Waals surface area contributed by atoms with Crippen LogP contribution in [0.4, 0.5) is 22.0 Å². The van der Waals surface area contributed by atoms with Crippen LogP contribution in [0, 0.1) is 6.92 Å². The average molecular weight is 472 g/mol. The van der Waals surface area contributed by atoms with Gasteiger partial charge in [-0.1, -0.05) is 36.4 Å². The lowest BCUT2D eigenvalue weighted by Gasteiger charge is -2.29. The molecule has 0 atom stereocenters. The lowest BCUT2D eigenvalue weighted by molar-refractivity contribution is -0.192. The van der Waals surface area contributed by atoms with Crippen LogP contribution in [0.15, 0.2) is 42.5 Å². The van der Waals surface area contributed by atoms with E-state index in [1.54, 1.807) is 6.07 Å². The van der Waals surface area contributed by atoms with Gasteiger partial charge in [-0.2, -0.15) is 13.2 Å². The smallest absolute Gasteiger partial charge is 0.475 e. The van der Waals surface area contributed by atoms with Crippen LogP contribution in [0.3, 0.4) is 0 Å². The number of carboxylic acid groups (broad SMARTS) is 1. The highest BCUT2D eigenvalue weighted by atomic mass is 19.4. The summed E-state index contributed by atoms with van der Waals surface area (Å²) in [6.45, 7) is 2.56. The second-order valence-corrected chi connectivity index (χ2v) is 7.85. The number of aliphatic carboxylic acids is 1. The van der Waals surface area contributed by atoms with Crippen LogP contribution in [0.25, 0.3) is 11.1 Å². The second kappa shape index (κ2) is 10.7. The molecule has 0 bridgehead atoms. The number of nitrogens with two attached hydrogens (primary N) is 1. The third-order valence-corrected chi connectivity index (χ3v) is 5.42. The molecule has 0 aliphatic heterocycles. The lowest BCUT2D eigenvalue weighted by Crippen LogP contribution is -2.36. The van der Waals surface area contributed by atoms with Gasteiger partial charge >= 0.3 is 12.1 Å². The predicted octanol–water partition coefficient (Wildman–Crippen LogP) is 5.06. The van der Waals surface area contributed by atoms with Crippen LogP contribution in [0.1, 0.15) is 47.2 Å². The van der Waals surface area contributed by atoms with Crippen molar-refractivity contribution in [3.8, 4) is 11.1 Å². The Morgan fingerprint density at radius 3 is 2.12 bits per heavy atom. The molecule has 0 spiro atoms. The highest BCUT2D eigenvalue weighted by Crippen LogP contribution is 2.33. The highest BCUT2D eigenvalue weighted by Gasteiger charge is 2.38. The van der Waals surface area contributed by atoms with Crippen molar-refractivity contribution in [3.05, 3.63) is 59.2 Å². The number of primary amides is 1. The summed E-state index contributed by atoms with van der Waals surface area (Å²) in [6, 6.07) is 13.8. The van der Waals surface area contributed by atoms with Crippen LogP contribution in [-0.2, 0) is 11.3 Å². The fourth-order valence-electron chi connectivity index (χ4n) is 3.52. The zero-order valence-electron chi connectivity index (χ0n) is 17.9. The van der Waals surface area contributed by atoms with Crippen LogP contribution in [-0.4, -0.2) is 35.1 Å². The van der Waals surface area contributed by atoms with Crippen molar-refractivity contribution in [3.63, 3.8) is 0 Å². The van der Waals surface area contributed by atoms with Crippen molar-refractivity contribution in [1.82, 2.24) is 5.32 Å². The predicted molar refractivity (Wildman–Crippen MR) is 113 cm³/mol. The third kappa shape index (κ3) is 7.81. The summed E-state index contributed by atoms with van der Waals surface area (Å²) < 4.78 is 58.1. The summed E-state index contributed by atoms with van der Waals surface area (Å²) in [4.78, 5) is 20.4. The zero-order valence-corrected chi connectivity index (χ0v) is 17.9. The fraction of sp³-hybridized carbons (Fsp3) is 0.391. The normalized spacial score (nSPS) is 15.9. The number of amides is 1. The Labute approximate surface area is 187 Å². The Kier molecular flexibility index (Phi) is 8.54. The molecule has 33 heavy (non-hydrogen) atoms. The van der Waals surface area contributed by atoms with E-state index in [9.17, 15) is 26.7 Å². The molecule has 1 fully saturated rings. The number of carboxylic acids is 1. The van der Waals surface area contributed by atoms with Gasteiger partial charge in [0.15, 0.2) is 0 Å². The van der Waals surface area contributed by atoms with Gasteiger partial charge in [-0.3, -0.25) is 4.79 Å². The van der Waals surface area contributed by atoms with Crippen molar-refractivity contribution in [2.45, 2.75) is 57.3 Å². The molecule has 1 amide bonds. The Balaban J connectivity index is 0.000000479. The molecular weight excluding hydrogens is 447 g/mol. The van der Waals surface area contributed by atoms with Gasteiger partial charge < -0.3 is 16.2 Å². The van der Waals surface area contributed by atoms with E-state index >= 15 is 0 Å². The molecule has 4 N–H and O–H groups in total. The molecule has 0 aromatic heterocycles. The molecule has 2 aromatic rings. The highest BCUT2D eigenvalue weighted by molar-refractivity contribution is 5.96. The molecule has 0 heterocycles. The number of alkyl halides is 5. The average Bonchev–Trinajstić information content (AvgIpc) is 2.73. The molecule has 1 aliphatic carbocycles. The molecule has 5 nitrogen and oxygen atoms in total. The first-order valence-corrected chi connectivity index (χ1v) is 10.2. The maximum Gasteiger partial charge on any atom is 0.490 e. The number of hydrogen-bond acceptors (Lipinski definition) is 3. The van der Waals surface area contributed by atoms with Crippen LogP contribution >= 0.6 is 0 Å². The Morgan fingerprint density at radius 1 is 1.09 bits per heavy atom. The molecule has 2 aromatic carbocycles. The summed E-state index contributed by atoms with van der Waals surface area (Å²) in [5, 5.41) is 10.5. The largest absolute Gasteiger partial charge is 0.490 e. The monoisotopic (exact) mass is 472 g/mol. The summed E-state index contributed by atoms with van der Waals surface area (Å²) in [5.74, 6) is -5.67. The molecule has 1 aliphatic rings. The van der Waals surface area contributed by atoms with Crippen molar-refractivity contribution in [1.29, 1.82) is 0 Å². The number of carbonyl (C=O) groups excluding carboxylic acids is 1. The molecule has 3 rings (SSSR count). The number of halogens is 5. The van der Waals surface area contributed by atoms with E-state index in [1.807, 2.05) is 43.3 Å². The van der Waals surface area contributed by atoms with Crippen molar-refractivity contribution in [2.24, 2.45) is 5.73 Å². The minimum atomic E-state index is -5.08.